The summed E-state index contributed by atoms with van der Waals surface area (Å²) in [6, 6.07) is 0. The highest BCUT2D eigenvalue weighted by molar-refractivity contribution is 7.47. The Kier molecular flexibility index (Phi) is 39.2. The molecular formula is C43H80NO7P. The molecule has 0 spiro atoms. The molecule has 0 heterocycles. The maximum Gasteiger partial charge on any atom is 0.472 e. The van der Waals surface area contributed by atoms with E-state index in [0.29, 0.717) is 6.42 Å². The van der Waals surface area contributed by atoms with Crippen molar-refractivity contribution in [3.05, 3.63) is 48.8 Å². The van der Waals surface area contributed by atoms with Crippen LogP contribution < -0.4 is 5.73 Å². The van der Waals surface area contributed by atoms with E-state index in [1.54, 1.807) is 6.26 Å². The molecule has 0 aliphatic rings. The number of hydrogen-bond acceptors (Lipinski definition) is 7. The van der Waals surface area contributed by atoms with E-state index in [4.69, 9.17) is 24.3 Å². The van der Waals surface area contributed by atoms with Crippen LogP contribution in [0.15, 0.2) is 48.8 Å². The third-order valence-corrected chi connectivity index (χ3v) is 9.82. The van der Waals surface area contributed by atoms with Gasteiger partial charge in [-0.05, 0) is 63.9 Å². The summed E-state index contributed by atoms with van der Waals surface area (Å²) in [7, 11) is -4.27. The molecule has 0 radical (unpaired) electrons. The second-order valence-electron chi connectivity index (χ2n) is 13.9. The lowest BCUT2D eigenvalue weighted by Crippen LogP contribution is -2.25. The van der Waals surface area contributed by atoms with E-state index in [9.17, 15) is 14.3 Å². The predicted octanol–water partition coefficient (Wildman–Crippen LogP) is 12.8. The van der Waals surface area contributed by atoms with Gasteiger partial charge in [-0.2, -0.15) is 0 Å². The topological polar surface area (TPSA) is 117 Å². The molecule has 0 rings (SSSR count). The van der Waals surface area contributed by atoms with Crippen molar-refractivity contribution in [3.63, 3.8) is 0 Å². The lowest BCUT2D eigenvalue weighted by molar-refractivity contribution is -0.147. The Hall–Kier alpha value is -1.70. The number of phosphoric acid groups is 1. The predicted molar refractivity (Wildman–Crippen MR) is 219 cm³/mol. The Labute approximate surface area is 320 Å². The Balaban J connectivity index is 4.13. The zero-order valence-corrected chi connectivity index (χ0v) is 34.4. The lowest BCUT2D eigenvalue weighted by Gasteiger charge is -2.19. The van der Waals surface area contributed by atoms with Crippen LogP contribution in [0.1, 0.15) is 187 Å². The van der Waals surface area contributed by atoms with E-state index in [2.05, 4.69) is 50.3 Å². The van der Waals surface area contributed by atoms with Crippen LogP contribution in [-0.2, 0) is 27.9 Å². The van der Waals surface area contributed by atoms with Crippen LogP contribution in [0.25, 0.3) is 0 Å². The first kappa shape index (κ1) is 50.3. The Morgan fingerprint density at radius 1 is 0.596 bits per heavy atom. The van der Waals surface area contributed by atoms with Crippen molar-refractivity contribution in [1.29, 1.82) is 0 Å². The summed E-state index contributed by atoms with van der Waals surface area (Å²) in [6.45, 7) is 4.17. The van der Waals surface area contributed by atoms with Crippen molar-refractivity contribution in [1.82, 2.24) is 0 Å². The summed E-state index contributed by atoms with van der Waals surface area (Å²) in [5.74, 6) is -0.311. The van der Waals surface area contributed by atoms with Gasteiger partial charge in [0, 0.05) is 13.0 Å². The van der Waals surface area contributed by atoms with Crippen molar-refractivity contribution in [2.75, 3.05) is 26.4 Å². The summed E-state index contributed by atoms with van der Waals surface area (Å²) in [6.07, 6.45) is 47.9. The van der Waals surface area contributed by atoms with Crippen LogP contribution in [0.2, 0.25) is 0 Å². The van der Waals surface area contributed by atoms with Gasteiger partial charge >= 0.3 is 13.8 Å². The van der Waals surface area contributed by atoms with Gasteiger partial charge in [0.05, 0.1) is 19.5 Å². The minimum Gasteiger partial charge on any atom is -0.492 e. The van der Waals surface area contributed by atoms with E-state index in [1.807, 2.05) is 6.08 Å². The number of nitrogens with two attached hydrogens (primary N) is 1. The van der Waals surface area contributed by atoms with E-state index in [-0.39, 0.29) is 32.3 Å². The van der Waals surface area contributed by atoms with E-state index < -0.39 is 13.9 Å². The van der Waals surface area contributed by atoms with Crippen molar-refractivity contribution in [3.8, 4) is 0 Å². The summed E-state index contributed by atoms with van der Waals surface area (Å²) in [5.41, 5.74) is 5.36. The van der Waals surface area contributed by atoms with E-state index >= 15 is 0 Å². The lowest BCUT2D eigenvalue weighted by atomic mass is 10.0. The van der Waals surface area contributed by atoms with Gasteiger partial charge in [-0.3, -0.25) is 13.8 Å². The molecule has 0 saturated carbocycles. The Morgan fingerprint density at radius 2 is 1.04 bits per heavy atom. The molecule has 1 unspecified atom stereocenters. The molecule has 0 bridgehead atoms. The largest absolute Gasteiger partial charge is 0.492 e. The van der Waals surface area contributed by atoms with Crippen LogP contribution in [0, 0.1) is 0 Å². The zero-order valence-electron chi connectivity index (χ0n) is 33.5. The Morgan fingerprint density at radius 3 is 1.58 bits per heavy atom. The molecule has 0 aromatic carbocycles. The molecule has 0 aliphatic heterocycles. The monoisotopic (exact) mass is 754 g/mol. The summed E-state index contributed by atoms with van der Waals surface area (Å²) < 4.78 is 33.2. The molecule has 0 saturated heterocycles. The third kappa shape index (κ3) is 39.5. The van der Waals surface area contributed by atoms with Crippen LogP contribution in [-0.4, -0.2) is 43.3 Å². The number of phosphoric ester groups is 1. The van der Waals surface area contributed by atoms with E-state index in [0.717, 1.165) is 57.8 Å². The quantitative estimate of drug-likeness (QED) is 0.0209. The zero-order chi connectivity index (χ0) is 38.1. The molecule has 0 aromatic heterocycles. The minimum absolute atomic E-state index is 0.0760. The number of unbranched alkanes of at least 4 members (excludes halogenated alkanes) is 21. The average molecular weight is 754 g/mol. The average Bonchev–Trinajstić information content (AvgIpc) is 3.14. The third-order valence-electron chi connectivity index (χ3n) is 8.84. The molecular weight excluding hydrogens is 673 g/mol. The molecule has 0 fully saturated rings. The number of carbonyl (C=O) groups is 1. The summed E-state index contributed by atoms with van der Waals surface area (Å²) in [5, 5.41) is 0. The molecule has 2 atom stereocenters. The van der Waals surface area contributed by atoms with E-state index in [1.165, 1.54) is 109 Å². The SMILES string of the molecule is CCCCC/C=C\C/C=C\C/C=C\CCCCCCC(=O)OC[C@H](COP(=O)(O)OCCN)O/C=C\CCCCCCCCCCCCCCCC. The number of hydrogen-bond donors (Lipinski definition) is 2. The van der Waals surface area contributed by atoms with Crippen molar-refractivity contribution in [2.45, 2.75) is 193 Å². The normalized spacial score (nSPS) is 13.9. The second-order valence-corrected chi connectivity index (χ2v) is 15.4. The molecule has 3 N–H and O–H groups in total. The summed E-state index contributed by atoms with van der Waals surface area (Å²) in [4.78, 5) is 22.3. The van der Waals surface area contributed by atoms with Crippen LogP contribution in [0.3, 0.4) is 0 Å². The highest BCUT2D eigenvalue weighted by atomic mass is 31.2. The highest BCUT2D eigenvalue weighted by Gasteiger charge is 2.24. The van der Waals surface area contributed by atoms with Gasteiger partial charge in [0.1, 0.15) is 6.61 Å². The molecule has 8 nitrogen and oxygen atoms in total. The van der Waals surface area contributed by atoms with Gasteiger partial charge in [-0.1, -0.05) is 159 Å². The smallest absolute Gasteiger partial charge is 0.472 e. The molecule has 0 aromatic rings. The number of rotatable bonds is 40. The number of allylic oxidation sites excluding steroid dienone is 7. The molecule has 0 aliphatic carbocycles. The molecule has 9 heteroatoms. The highest BCUT2D eigenvalue weighted by Crippen LogP contribution is 2.43. The molecule has 0 amide bonds. The summed E-state index contributed by atoms with van der Waals surface area (Å²) >= 11 is 0. The van der Waals surface area contributed by atoms with Gasteiger partial charge in [0.25, 0.3) is 0 Å². The van der Waals surface area contributed by atoms with Gasteiger partial charge in [-0.25, -0.2) is 4.57 Å². The first-order chi connectivity index (χ1) is 25.4. The number of carbonyl (C=O) groups excluding carboxylic acids is 1. The standard InChI is InChI=1S/C43H80NO7P/c1-3-5-7-9-11-13-15-17-19-21-22-24-26-28-30-32-34-36-43(45)49-40-42(41-51-52(46,47)50-39-37-44)48-38-35-33-31-29-27-25-23-20-18-16-14-12-10-8-6-4-2/h11,13,17,19,22,24,35,38,42H,3-10,12,14-16,18,20-21,23,25-34,36-37,39-41,44H2,1-2H3,(H,46,47)/b13-11-,19-17-,24-22-,38-35-/t42-/m1/s1. The van der Waals surface area contributed by atoms with Crippen molar-refractivity contribution in [2.24, 2.45) is 5.73 Å². The van der Waals surface area contributed by atoms with Gasteiger partial charge < -0.3 is 20.1 Å². The van der Waals surface area contributed by atoms with Gasteiger partial charge in [0.2, 0.25) is 0 Å². The maximum atomic E-state index is 12.4. The van der Waals surface area contributed by atoms with Crippen LogP contribution >= 0.6 is 7.82 Å². The number of esters is 1. The van der Waals surface area contributed by atoms with Crippen molar-refractivity contribution < 1.29 is 32.8 Å². The van der Waals surface area contributed by atoms with Gasteiger partial charge in [0.15, 0.2) is 6.10 Å². The first-order valence-corrected chi connectivity index (χ1v) is 22.7. The second kappa shape index (κ2) is 40.5. The van der Waals surface area contributed by atoms with Crippen LogP contribution in [0.5, 0.6) is 0 Å². The Bertz CT molecular complexity index is 936. The van der Waals surface area contributed by atoms with Crippen molar-refractivity contribution >= 4 is 13.8 Å². The number of ether oxygens (including phenoxy) is 2. The van der Waals surface area contributed by atoms with Gasteiger partial charge in [-0.15, -0.1) is 0 Å². The first-order valence-electron chi connectivity index (χ1n) is 21.2. The maximum absolute atomic E-state index is 12.4. The minimum atomic E-state index is -4.27. The molecule has 52 heavy (non-hydrogen) atoms. The van der Waals surface area contributed by atoms with Crippen LogP contribution in [0.4, 0.5) is 0 Å². The fourth-order valence-electron chi connectivity index (χ4n) is 5.63. The fraction of sp³-hybridized carbons (Fsp3) is 0.791. The fourth-order valence-corrected chi connectivity index (χ4v) is 6.40. The molecule has 304 valence electrons.